The summed E-state index contributed by atoms with van der Waals surface area (Å²) in [5.74, 6) is 1.24. The molecule has 1 unspecified atom stereocenters. The van der Waals surface area contributed by atoms with E-state index in [2.05, 4.69) is 6.07 Å². The van der Waals surface area contributed by atoms with Crippen LogP contribution >= 0.6 is 0 Å². The van der Waals surface area contributed by atoms with Gasteiger partial charge in [-0.05, 0) is 49.4 Å². The first-order chi connectivity index (χ1) is 13.0. The van der Waals surface area contributed by atoms with Crippen LogP contribution in [-0.4, -0.2) is 43.4 Å². The number of benzene rings is 2. The second-order valence-electron chi connectivity index (χ2n) is 6.38. The van der Waals surface area contributed by atoms with Gasteiger partial charge in [0.1, 0.15) is 12.7 Å². The van der Waals surface area contributed by atoms with Crippen molar-refractivity contribution in [2.75, 3.05) is 27.3 Å². The van der Waals surface area contributed by atoms with Crippen molar-refractivity contribution in [2.45, 2.75) is 19.6 Å². The van der Waals surface area contributed by atoms with Crippen LogP contribution in [0.2, 0.25) is 0 Å². The summed E-state index contributed by atoms with van der Waals surface area (Å²) in [5, 5.41) is 19.3. The number of ether oxygens (including phenoxy) is 2. The van der Waals surface area contributed by atoms with Gasteiger partial charge in [0.2, 0.25) is 0 Å². The lowest BCUT2D eigenvalue weighted by atomic mass is 10.1. The fourth-order valence-corrected chi connectivity index (χ4v) is 2.81. The Morgan fingerprint density at radius 1 is 1.22 bits per heavy atom. The number of hydrogen-bond acceptors (Lipinski definition) is 5. The van der Waals surface area contributed by atoms with Gasteiger partial charge in [0.05, 0.1) is 18.7 Å². The smallest absolute Gasteiger partial charge is 0.161 e. The molecule has 0 amide bonds. The van der Waals surface area contributed by atoms with E-state index in [4.69, 9.17) is 14.7 Å². The fourth-order valence-electron chi connectivity index (χ4n) is 2.81. The molecule has 0 aliphatic heterocycles. The van der Waals surface area contributed by atoms with Crippen molar-refractivity contribution in [3.63, 3.8) is 0 Å². The van der Waals surface area contributed by atoms with Crippen molar-refractivity contribution in [3.8, 4) is 17.6 Å². The summed E-state index contributed by atoms with van der Waals surface area (Å²) in [6.45, 7) is 3.23. The molecule has 5 heteroatoms. The third-order valence-electron chi connectivity index (χ3n) is 4.01. The molecule has 0 aliphatic carbocycles. The van der Waals surface area contributed by atoms with E-state index in [1.165, 1.54) is 0 Å². The van der Waals surface area contributed by atoms with Crippen LogP contribution in [0.25, 0.3) is 6.08 Å². The molecule has 2 aromatic rings. The van der Waals surface area contributed by atoms with Gasteiger partial charge in [-0.2, -0.15) is 5.26 Å². The number of aliphatic hydroxyl groups is 1. The van der Waals surface area contributed by atoms with Gasteiger partial charge in [0, 0.05) is 13.1 Å². The maximum Gasteiger partial charge on any atom is 0.161 e. The van der Waals surface area contributed by atoms with E-state index in [-0.39, 0.29) is 6.61 Å². The third kappa shape index (κ3) is 6.45. The van der Waals surface area contributed by atoms with Gasteiger partial charge in [-0.25, -0.2) is 0 Å². The Morgan fingerprint density at radius 3 is 2.74 bits per heavy atom. The van der Waals surface area contributed by atoms with E-state index in [1.54, 1.807) is 13.2 Å². The molecule has 0 bridgehead atoms. The van der Waals surface area contributed by atoms with Gasteiger partial charge in [0.25, 0.3) is 0 Å². The molecule has 142 valence electrons. The quantitative estimate of drug-likeness (QED) is 0.736. The van der Waals surface area contributed by atoms with Crippen LogP contribution in [0.3, 0.4) is 0 Å². The van der Waals surface area contributed by atoms with Gasteiger partial charge in [-0.3, -0.25) is 4.90 Å². The number of hydrogen-bond donors (Lipinski definition) is 1. The van der Waals surface area contributed by atoms with E-state index in [0.717, 1.165) is 11.1 Å². The van der Waals surface area contributed by atoms with E-state index in [0.29, 0.717) is 30.2 Å². The zero-order valence-corrected chi connectivity index (χ0v) is 16.1. The van der Waals surface area contributed by atoms with Crippen LogP contribution < -0.4 is 9.47 Å². The Bertz CT molecular complexity index is 811. The van der Waals surface area contributed by atoms with E-state index in [9.17, 15) is 5.11 Å². The van der Waals surface area contributed by atoms with Crippen LogP contribution in [0.15, 0.2) is 48.5 Å². The maximum absolute atomic E-state index is 10.3. The molecule has 0 saturated heterocycles. The van der Waals surface area contributed by atoms with Crippen molar-refractivity contribution < 1.29 is 14.6 Å². The SMILES string of the molecule is C/C=C/c1ccc(OCC(O)CN(C)Cc2cccc(C#N)c2)c(OC)c1. The normalized spacial score (nSPS) is 12.1. The Morgan fingerprint density at radius 2 is 2.04 bits per heavy atom. The van der Waals surface area contributed by atoms with Crippen molar-refractivity contribution >= 4 is 6.08 Å². The number of nitrogens with zero attached hydrogens (tertiary/aromatic N) is 2. The standard InChI is InChI=1S/C22H26N2O3/c1-4-6-17-9-10-21(22(12-17)26-3)27-16-20(25)15-24(2)14-19-8-5-7-18(11-19)13-23/h4-12,20,25H,14-16H2,1-3H3/b6-4+. The molecular formula is C22H26N2O3. The molecule has 0 heterocycles. The third-order valence-corrected chi connectivity index (χ3v) is 4.01. The topological polar surface area (TPSA) is 65.7 Å². The molecule has 0 saturated carbocycles. The van der Waals surface area contributed by atoms with Crippen molar-refractivity contribution in [1.29, 1.82) is 5.26 Å². The fraction of sp³-hybridized carbons (Fsp3) is 0.318. The molecule has 0 aromatic heterocycles. The molecule has 1 atom stereocenters. The predicted octanol–water partition coefficient (Wildman–Crippen LogP) is 3.47. The molecule has 27 heavy (non-hydrogen) atoms. The summed E-state index contributed by atoms with van der Waals surface area (Å²) in [4.78, 5) is 2.00. The van der Waals surface area contributed by atoms with Crippen LogP contribution in [0, 0.1) is 11.3 Å². The molecular weight excluding hydrogens is 340 g/mol. The summed E-state index contributed by atoms with van der Waals surface area (Å²) in [5.41, 5.74) is 2.70. The molecule has 2 rings (SSSR count). The van der Waals surface area contributed by atoms with Crippen molar-refractivity contribution in [3.05, 3.63) is 65.2 Å². The largest absolute Gasteiger partial charge is 0.493 e. The van der Waals surface area contributed by atoms with Crippen LogP contribution in [0.1, 0.15) is 23.6 Å². The minimum Gasteiger partial charge on any atom is -0.493 e. The molecule has 0 fully saturated rings. The average molecular weight is 366 g/mol. The van der Waals surface area contributed by atoms with Crippen molar-refractivity contribution in [2.24, 2.45) is 0 Å². The number of methoxy groups -OCH3 is 1. The molecule has 0 radical (unpaired) electrons. The zero-order chi connectivity index (χ0) is 19.6. The number of aliphatic hydroxyl groups excluding tert-OH is 1. The lowest BCUT2D eigenvalue weighted by Crippen LogP contribution is -2.32. The molecule has 2 aromatic carbocycles. The maximum atomic E-state index is 10.3. The Hall–Kier alpha value is -2.81. The summed E-state index contributed by atoms with van der Waals surface area (Å²) in [6.07, 6.45) is 3.30. The summed E-state index contributed by atoms with van der Waals surface area (Å²) >= 11 is 0. The number of rotatable bonds is 9. The summed E-state index contributed by atoms with van der Waals surface area (Å²) in [7, 11) is 3.52. The number of likely N-dealkylation sites (N-methyl/N-ethyl adjacent to an activating group) is 1. The highest BCUT2D eigenvalue weighted by molar-refractivity contribution is 5.55. The van der Waals surface area contributed by atoms with Gasteiger partial charge in [-0.15, -0.1) is 0 Å². The monoisotopic (exact) mass is 366 g/mol. The van der Waals surface area contributed by atoms with E-state index < -0.39 is 6.10 Å². The molecule has 0 aliphatic rings. The molecule has 1 N–H and O–H groups in total. The van der Waals surface area contributed by atoms with Gasteiger partial charge < -0.3 is 14.6 Å². The minimum atomic E-state index is -0.644. The average Bonchev–Trinajstić information content (AvgIpc) is 2.67. The Kier molecular flexibility index (Phi) is 7.87. The highest BCUT2D eigenvalue weighted by atomic mass is 16.5. The summed E-state index contributed by atoms with van der Waals surface area (Å²) < 4.78 is 11.1. The second-order valence-corrected chi connectivity index (χ2v) is 6.38. The lowest BCUT2D eigenvalue weighted by Gasteiger charge is -2.21. The van der Waals surface area contributed by atoms with Gasteiger partial charge >= 0.3 is 0 Å². The highest BCUT2D eigenvalue weighted by Crippen LogP contribution is 2.28. The minimum absolute atomic E-state index is 0.169. The predicted molar refractivity (Wildman–Crippen MR) is 107 cm³/mol. The van der Waals surface area contributed by atoms with Crippen LogP contribution in [0.5, 0.6) is 11.5 Å². The highest BCUT2D eigenvalue weighted by Gasteiger charge is 2.12. The van der Waals surface area contributed by atoms with Gasteiger partial charge in [-0.1, -0.05) is 30.4 Å². The first-order valence-corrected chi connectivity index (χ1v) is 8.85. The first kappa shape index (κ1) is 20.5. The summed E-state index contributed by atoms with van der Waals surface area (Å²) in [6, 6.07) is 15.3. The number of allylic oxidation sites excluding steroid dienone is 1. The Balaban J connectivity index is 1.88. The van der Waals surface area contributed by atoms with E-state index in [1.807, 2.05) is 67.4 Å². The van der Waals surface area contributed by atoms with E-state index >= 15 is 0 Å². The lowest BCUT2D eigenvalue weighted by molar-refractivity contribution is 0.0733. The van der Waals surface area contributed by atoms with Crippen molar-refractivity contribution in [1.82, 2.24) is 4.90 Å². The second kappa shape index (κ2) is 10.4. The van der Waals surface area contributed by atoms with Crippen LogP contribution in [-0.2, 0) is 6.54 Å². The Labute approximate surface area is 161 Å². The number of nitriles is 1. The van der Waals surface area contributed by atoms with Crippen LogP contribution in [0.4, 0.5) is 0 Å². The van der Waals surface area contributed by atoms with Gasteiger partial charge in [0.15, 0.2) is 11.5 Å². The molecule has 5 nitrogen and oxygen atoms in total. The zero-order valence-electron chi connectivity index (χ0n) is 16.1. The molecule has 0 spiro atoms. The first-order valence-electron chi connectivity index (χ1n) is 8.85.